The van der Waals surface area contributed by atoms with Gasteiger partial charge in [-0.2, -0.15) is 4.31 Å². The average molecular weight is 574 g/mol. The zero-order valence-electron chi connectivity index (χ0n) is 20.3. The first-order valence-electron chi connectivity index (χ1n) is 11.7. The number of aromatic nitrogens is 1. The van der Waals surface area contributed by atoms with E-state index in [-0.39, 0.29) is 17.3 Å². The molecule has 198 valence electrons. The van der Waals surface area contributed by atoms with Crippen LogP contribution in [0, 0.1) is 0 Å². The number of nitrogens with one attached hydrogen (secondary N) is 1. The number of nitrogen functional groups attached to an aromatic ring is 1. The number of carbonyl (C=O) groups excluding carboxylic acids is 2. The van der Waals surface area contributed by atoms with Gasteiger partial charge in [0, 0.05) is 40.1 Å². The van der Waals surface area contributed by atoms with Crippen molar-refractivity contribution >= 4 is 71.6 Å². The van der Waals surface area contributed by atoms with E-state index < -0.39 is 34.8 Å². The van der Waals surface area contributed by atoms with Crippen molar-refractivity contribution in [3.63, 3.8) is 0 Å². The summed E-state index contributed by atoms with van der Waals surface area (Å²) < 4.78 is 34.4. The van der Waals surface area contributed by atoms with Crippen molar-refractivity contribution in [1.82, 2.24) is 19.5 Å². The highest BCUT2D eigenvalue weighted by atomic mass is 35.5. The summed E-state index contributed by atoms with van der Waals surface area (Å²) >= 11 is 7.12. The lowest BCUT2D eigenvalue weighted by molar-refractivity contribution is -0.149. The predicted molar refractivity (Wildman–Crippen MR) is 146 cm³/mol. The van der Waals surface area contributed by atoms with Crippen molar-refractivity contribution in [2.45, 2.75) is 23.9 Å². The van der Waals surface area contributed by atoms with Gasteiger partial charge in [0.05, 0.1) is 18.6 Å². The van der Waals surface area contributed by atoms with Gasteiger partial charge < -0.3 is 20.7 Å². The van der Waals surface area contributed by atoms with E-state index >= 15 is 0 Å². The van der Waals surface area contributed by atoms with Crippen LogP contribution in [-0.2, 0) is 26.1 Å². The first-order chi connectivity index (χ1) is 18.2. The normalized spacial score (nSPS) is 16.7. The number of carbonyl (C=O) groups is 2. The summed E-state index contributed by atoms with van der Waals surface area (Å²) in [5.74, 6) is -0.501. The molecule has 3 N–H and O–H groups in total. The van der Waals surface area contributed by atoms with E-state index in [1.807, 2.05) is 12.1 Å². The molecule has 10 nitrogen and oxygen atoms in total. The van der Waals surface area contributed by atoms with Crippen molar-refractivity contribution < 1.29 is 22.7 Å². The van der Waals surface area contributed by atoms with Crippen molar-refractivity contribution in [2.24, 2.45) is 0 Å². The second-order valence-corrected chi connectivity index (χ2v) is 12.4. The smallest absolute Gasteiger partial charge is 0.409 e. The van der Waals surface area contributed by atoms with Crippen LogP contribution in [0.5, 0.6) is 0 Å². The van der Waals surface area contributed by atoms with Gasteiger partial charge in [0.25, 0.3) is 10.0 Å². The summed E-state index contributed by atoms with van der Waals surface area (Å²) in [7, 11) is -4.05. The largest absolute Gasteiger partial charge is 0.424 e. The quantitative estimate of drug-likeness (QED) is 0.358. The molecule has 38 heavy (non-hydrogen) atoms. The lowest BCUT2D eigenvalue weighted by atomic mass is 10.1. The van der Waals surface area contributed by atoms with E-state index in [0.29, 0.717) is 27.5 Å². The average Bonchev–Trinajstić information content (AvgIpc) is 3.30. The highest BCUT2D eigenvalue weighted by molar-refractivity contribution is 7.91. The summed E-state index contributed by atoms with van der Waals surface area (Å²) in [5, 5.41) is 4.53. The zero-order valence-corrected chi connectivity index (χ0v) is 22.6. The van der Waals surface area contributed by atoms with E-state index in [0.717, 1.165) is 32.0 Å². The first kappa shape index (κ1) is 26.2. The third-order valence-corrected chi connectivity index (χ3v) is 9.74. The lowest BCUT2D eigenvalue weighted by Gasteiger charge is -2.39. The Balaban J connectivity index is 1.44. The van der Waals surface area contributed by atoms with Crippen LogP contribution in [0.2, 0.25) is 5.02 Å². The van der Waals surface area contributed by atoms with Gasteiger partial charge >= 0.3 is 6.09 Å². The van der Waals surface area contributed by atoms with Crippen LogP contribution in [0.4, 0.5) is 10.5 Å². The minimum atomic E-state index is -4.05. The molecule has 0 radical (unpaired) electrons. The maximum Gasteiger partial charge on any atom is 0.409 e. The van der Waals surface area contributed by atoms with Crippen LogP contribution < -0.4 is 11.1 Å². The first-order valence-corrected chi connectivity index (χ1v) is 14.4. The fourth-order valence-electron chi connectivity index (χ4n) is 4.27. The number of thiophene rings is 1. The topological polar surface area (TPSA) is 135 Å². The second-order valence-electron chi connectivity index (χ2n) is 8.71. The van der Waals surface area contributed by atoms with Crippen molar-refractivity contribution in [1.29, 1.82) is 0 Å². The summed E-state index contributed by atoms with van der Waals surface area (Å²) in [6.07, 6.45) is -0.302. The molecule has 3 heterocycles. The third kappa shape index (κ3) is 5.12. The van der Waals surface area contributed by atoms with E-state index in [1.54, 1.807) is 49.5 Å². The molecule has 1 atom stereocenters. The molecule has 1 aliphatic rings. The van der Waals surface area contributed by atoms with Crippen LogP contribution in [-0.4, -0.2) is 60.5 Å². The minimum Gasteiger partial charge on any atom is -0.424 e. The van der Waals surface area contributed by atoms with E-state index in [4.69, 9.17) is 22.1 Å². The van der Waals surface area contributed by atoms with Crippen LogP contribution in [0.25, 0.3) is 21.0 Å². The fraction of sp³-hybridized carbons (Fsp3) is 0.240. The van der Waals surface area contributed by atoms with Crippen LogP contribution in [0.1, 0.15) is 12.5 Å². The Morgan fingerprint density at radius 3 is 2.84 bits per heavy atom. The molecule has 5 rings (SSSR count). The van der Waals surface area contributed by atoms with Gasteiger partial charge in [0.1, 0.15) is 4.21 Å². The number of halogens is 1. The number of amides is 2. The molecule has 2 aromatic heterocycles. The second kappa shape index (κ2) is 10.4. The third-order valence-electron chi connectivity index (χ3n) is 6.15. The number of hydrogen-bond donors (Lipinski definition) is 2. The molecular formula is C25H24ClN5O5S2. The number of nitrogens with zero attached hydrogens (tertiary/aromatic N) is 3. The number of alkyl carbamates (subject to hydrolysis) is 1. The Morgan fingerprint density at radius 1 is 1.24 bits per heavy atom. The maximum atomic E-state index is 13.5. The molecule has 1 fully saturated rings. The van der Waals surface area contributed by atoms with E-state index in [9.17, 15) is 18.0 Å². The van der Waals surface area contributed by atoms with E-state index in [1.165, 1.54) is 4.90 Å². The van der Waals surface area contributed by atoms with Crippen molar-refractivity contribution in [3.05, 3.63) is 65.3 Å². The summed E-state index contributed by atoms with van der Waals surface area (Å²) in [5.41, 5.74) is 7.98. The number of nitrogens with two attached hydrogens (primary N) is 1. The number of ether oxygens (including phenoxy) is 1. The number of sulfonamides is 1. The molecular weight excluding hydrogens is 550 g/mol. The number of rotatable bonds is 6. The molecule has 2 amide bonds. The molecule has 0 bridgehead atoms. The summed E-state index contributed by atoms with van der Waals surface area (Å²) in [4.78, 5) is 31.4. The molecule has 1 aliphatic heterocycles. The molecule has 0 aliphatic carbocycles. The molecule has 2 aromatic carbocycles. The monoisotopic (exact) mass is 573 g/mol. The van der Waals surface area contributed by atoms with Gasteiger partial charge in [-0.3, -0.25) is 9.78 Å². The number of hydrogen-bond acceptors (Lipinski definition) is 8. The van der Waals surface area contributed by atoms with E-state index in [2.05, 4.69) is 10.3 Å². The van der Waals surface area contributed by atoms with Gasteiger partial charge in [0.2, 0.25) is 5.91 Å². The Bertz CT molecular complexity index is 1660. The van der Waals surface area contributed by atoms with Gasteiger partial charge in [-0.1, -0.05) is 29.8 Å². The molecule has 1 unspecified atom stereocenters. The number of anilines is 1. The Hall–Kier alpha value is -3.45. The van der Waals surface area contributed by atoms with Gasteiger partial charge in [-0.15, -0.1) is 11.3 Å². The Kier molecular flexibility index (Phi) is 7.14. The standard InChI is InChI=1S/C25H24ClN5O5S2/c1-2-28-25(33)36-23-14-30(38(34,35)24-10-16-4-5-17(26)11-21(16)37-24)13-22(32)31(23)12-15-3-6-18-19(27)7-8-29-20(18)9-15/h3-11,23H,2,12-14H2,1H3,(H2,27,29)(H,28,33). The van der Waals surface area contributed by atoms with Gasteiger partial charge in [-0.05, 0) is 48.2 Å². The fourth-order valence-corrected chi connectivity index (χ4v) is 7.48. The highest BCUT2D eigenvalue weighted by Crippen LogP contribution is 2.34. The van der Waals surface area contributed by atoms with Crippen LogP contribution >= 0.6 is 22.9 Å². The molecule has 4 aromatic rings. The van der Waals surface area contributed by atoms with Crippen molar-refractivity contribution in [2.75, 3.05) is 25.4 Å². The van der Waals surface area contributed by atoms with Crippen LogP contribution in [0.15, 0.2) is 58.9 Å². The molecule has 0 spiro atoms. The zero-order chi connectivity index (χ0) is 27.0. The van der Waals surface area contributed by atoms with Gasteiger partial charge in [-0.25, -0.2) is 13.2 Å². The van der Waals surface area contributed by atoms with Crippen molar-refractivity contribution in [3.8, 4) is 0 Å². The number of benzene rings is 2. The summed E-state index contributed by atoms with van der Waals surface area (Å²) in [6.45, 7) is 1.50. The lowest BCUT2D eigenvalue weighted by Crippen LogP contribution is -2.59. The molecule has 0 saturated carbocycles. The highest BCUT2D eigenvalue weighted by Gasteiger charge is 2.41. The Morgan fingerprint density at radius 2 is 2.05 bits per heavy atom. The molecule has 13 heteroatoms. The maximum absolute atomic E-state index is 13.5. The number of piperazine rings is 1. The predicted octanol–water partition coefficient (Wildman–Crippen LogP) is 3.79. The van der Waals surface area contributed by atoms with Crippen LogP contribution in [0.3, 0.4) is 0 Å². The Labute approximate surface area is 228 Å². The SMILES string of the molecule is CCNC(=O)OC1CN(S(=O)(=O)c2cc3ccc(Cl)cc3s2)CC(=O)N1Cc1ccc2c(N)ccnc2c1. The number of fused-ring (bicyclic) bond motifs is 2. The molecule has 1 saturated heterocycles. The summed E-state index contributed by atoms with van der Waals surface area (Å²) in [6, 6.07) is 13.8. The minimum absolute atomic E-state index is 0.0750. The van der Waals surface area contributed by atoms with Gasteiger partial charge in [0.15, 0.2) is 6.23 Å². The number of pyridine rings is 1.